The van der Waals surface area contributed by atoms with E-state index in [0.717, 1.165) is 45.1 Å². The van der Waals surface area contributed by atoms with Crippen LogP contribution in [0.25, 0.3) is 11.1 Å². The van der Waals surface area contributed by atoms with Crippen LogP contribution >= 0.6 is 0 Å². The number of carbonyl (C=O) groups is 2. The summed E-state index contributed by atoms with van der Waals surface area (Å²) < 4.78 is 0. The van der Waals surface area contributed by atoms with Gasteiger partial charge in [-0.3, -0.25) is 14.6 Å². The summed E-state index contributed by atoms with van der Waals surface area (Å²) in [5, 5.41) is 4.35. The minimum Gasteiger partial charge on any atom is -0.357 e. The molecule has 3 rings (SSSR count). The molecule has 1 aliphatic heterocycles. The van der Waals surface area contributed by atoms with Crippen LogP contribution in [0.3, 0.4) is 0 Å². The van der Waals surface area contributed by atoms with Crippen LogP contribution in [0.2, 0.25) is 0 Å². The maximum absolute atomic E-state index is 13.5. The van der Waals surface area contributed by atoms with E-state index in [1.807, 2.05) is 6.07 Å². The van der Waals surface area contributed by atoms with Crippen LogP contribution in [0.15, 0.2) is 54.6 Å². The Hall–Kier alpha value is -2.66. The highest BCUT2D eigenvalue weighted by Gasteiger charge is 2.35. The molecular formula is C28H39N3O2. The predicted molar refractivity (Wildman–Crippen MR) is 134 cm³/mol. The molecule has 2 aromatic carbocycles. The number of aryl methyl sites for hydroxylation is 1. The van der Waals surface area contributed by atoms with Gasteiger partial charge in [-0.2, -0.15) is 0 Å². The Bertz CT molecular complexity index is 866. The topological polar surface area (TPSA) is 61.4 Å². The van der Waals surface area contributed by atoms with Gasteiger partial charge in [-0.1, -0.05) is 87.2 Å². The van der Waals surface area contributed by atoms with E-state index in [2.05, 4.69) is 66.2 Å². The van der Waals surface area contributed by atoms with Crippen molar-refractivity contribution in [1.29, 1.82) is 0 Å². The summed E-state index contributed by atoms with van der Waals surface area (Å²) in [7, 11) is 1.64. The zero-order valence-corrected chi connectivity index (χ0v) is 20.2. The first-order valence-corrected chi connectivity index (χ1v) is 12.6. The summed E-state index contributed by atoms with van der Waals surface area (Å²) >= 11 is 0. The highest BCUT2D eigenvalue weighted by molar-refractivity contribution is 5.88. The van der Waals surface area contributed by atoms with Gasteiger partial charge in [0.2, 0.25) is 11.8 Å². The van der Waals surface area contributed by atoms with Gasteiger partial charge in [0, 0.05) is 19.5 Å². The Labute approximate surface area is 198 Å². The van der Waals surface area contributed by atoms with E-state index < -0.39 is 6.04 Å². The van der Waals surface area contributed by atoms with Gasteiger partial charge < -0.3 is 5.32 Å². The van der Waals surface area contributed by atoms with Crippen molar-refractivity contribution in [1.82, 2.24) is 15.8 Å². The lowest BCUT2D eigenvalue weighted by Crippen LogP contribution is -2.59. The number of nitrogens with zero attached hydrogens (tertiary/aromatic N) is 1. The Morgan fingerprint density at radius 2 is 1.73 bits per heavy atom. The lowest BCUT2D eigenvalue weighted by Gasteiger charge is -2.37. The molecule has 2 atom stereocenters. The lowest BCUT2D eigenvalue weighted by molar-refractivity contribution is -0.150. The normalized spacial score (nSPS) is 16.9. The zero-order chi connectivity index (χ0) is 23.5. The van der Waals surface area contributed by atoms with Crippen molar-refractivity contribution >= 4 is 11.8 Å². The van der Waals surface area contributed by atoms with Gasteiger partial charge in [-0.25, -0.2) is 5.43 Å². The molecular weight excluding hydrogens is 410 g/mol. The largest absolute Gasteiger partial charge is 0.357 e. The third-order valence-corrected chi connectivity index (χ3v) is 6.63. The molecule has 0 radical (unpaired) electrons. The second kappa shape index (κ2) is 13.1. The van der Waals surface area contributed by atoms with Crippen molar-refractivity contribution in [3.63, 3.8) is 0 Å². The van der Waals surface area contributed by atoms with Gasteiger partial charge in [-0.15, -0.1) is 0 Å². The molecule has 0 unspecified atom stereocenters. The first kappa shape index (κ1) is 25.0. The molecule has 1 heterocycles. The molecule has 178 valence electrons. The standard InChI is InChI=1S/C28H39N3O2/c1-3-4-5-7-13-25(28(33)31-26(27(32)29-2)14-10-21-30-31)20-17-22-15-18-24(19-16-22)23-11-8-6-9-12-23/h6,8-9,11-12,15-16,18-19,25-26,30H,3-5,7,10,13-14,17,20-21H2,1-2H3,(H,29,32)/t25-,26-/m0/s1. The van der Waals surface area contributed by atoms with Crippen LogP contribution in [0.4, 0.5) is 0 Å². The number of hydrogen-bond donors (Lipinski definition) is 2. The molecule has 2 amide bonds. The molecule has 5 nitrogen and oxygen atoms in total. The summed E-state index contributed by atoms with van der Waals surface area (Å²) in [6, 6.07) is 18.6. The monoisotopic (exact) mass is 449 g/mol. The number of nitrogens with one attached hydrogen (secondary N) is 2. The highest BCUT2D eigenvalue weighted by Crippen LogP contribution is 2.24. The average molecular weight is 450 g/mol. The molecule has 0 saturated carbocycles. The fraction of sp³-hybridized carbons (Fsp3) is 0.500. The van der Waals surface area contributed by atoms with Crippen LogP contribution in [0.1, 0.15) is 63.9 Å². The zero-order valence-electron chi connectivity index (χ0n) is 20.2. The number of amides is 2. The fourth-order valence-corrected chi connectivity index (χ4v) is 4.62. The van der Waals surface area contributed by atoms with Crippen molar-refractivity contribution in [2.45, 2.75) is 70.8 Å². The minimum atomic E-state index is -0.417. The molecule has 2 aromatic rings. The molecule has 33 heavy (non-hydrogen) atoms. The van der Waals surface area contributed by atoms with Gasteiger partial charge >= 0.3 is 0 Å². The Balaban J connectivity index is 1.66. The molecule has 0 aromatic heterocycles. The molecule has 1 fully saturated rings. The van der Waals surface area contributed by atoms with Crippen molar-refractivity contribution < 1.29 is 9.59 Å². The Morgan fingerprint density at radius 3 is 2.42 bits per heavy atom. The number of hydrogen-bond acceptors (Lipinski definition) is 3. The number of rotatable bonds is 11. The smallest absolute Gasteiger partial charge is 0.244 e. The van der Waals surface area contributed by atoms with E-state index in [1.54, 1.807) is 12.1 Å². The van der Waals surface area contributed by atoms with E-state index >= 15 is 0 Å². The molecule has 1 saturated heterocycles. The minimum absolute atomic E-state index is 0.0701. The van der Waals surface area contributed by atoms with E-state index in [1.165, 1.54) is 29.5 Å². The number of hydrazine groups is 1. The second-order valence-electron chi connectivity index (χ2n) is 9.04. The number of likely N-dealkylation sites (N-methyl/N-ethyl adjacent to an activating group) is 1. The third-order valence-electron chi connectivity index (χ3n) is 6.63. The van der Waals surface area contributed by atoms with E-state index in [0.29, 0.717) is 6.42 Å². The van der Waals surface area contributed by atoms with E-state index in [9.17, 15) is 9.59 Å². The average Bonchev–Trinajstić information content (AvgIpc) is 2.88. The van der Waals surface area contributed by atoms with Gasteiger partial charge in [0.1, 0.15) is 6.04 Å². The van der Waals surface area contributed by atoms with E-state index in [-0.39, 0.29) is 17.7 Å². The summed E-state index contributed by atoms with van der Waals surface area (Å²) in [5.41, 5.74) is 6.88. The van der Waals surface area contributed by atoms with Crippen LogP contribution in [0.5, 0.6) is 0 Å². The number of carbonyl (C=O) groups excluding carboxylic acids is 2. The van der Waals surface area contributed by atoms with Crippen molar-refractivity contribution in [2.75, 3.05) is 13.6 Å². The van der Waals surface area contributed by atoms with Gasteiger partial charge in [0.15, 0.2) is 0 Å². The molecule has 0 spiro atoms. The van der Waals surface area contributed by atoms with Crippen LogP contribution < -0.4 is 10.7 Å². The first-order chi connectivity index (χ1) is 16.1. The van der Waals surface area contributed by atoms with Crippen LogP contribution in [-0.2, 0) is 16.0 Å². The molecule has 5 heteroatoms. The molecule has 0 bridgehead atoms. The first-order valence-electron chi connectivity index (χ1n) is 12.6. The Morgan fingerprint density at radius 1 is 1.00 bits per heavy atom. The number of benzene rings is 2. The molecule has 0 aliphatic carbocycles. The summed E-state index contributed by atoms with van der Waals surface area (Å²) in [6.45, 7) is 2.94. The number of unbranched alkanes of at least 4 members (excludes halogenated alkanes) is 3. The van der Waals surface area contributed by atoms with Crippen LogP contribution in [-0.4, -0.2) is 36.5 Å². The highest BCUT2D eigenvalue weighted by atomic mass is 16.2. The summed E-state index contributed by atoms with van der Waals surface area (Å²) in [6.07, 6.45) is 8.72. The quantitative estimate of drug-likeness (QED) is 0.469. The maximum Gasteiger partial charge on any atom is 0.244 e. The van der Waals surface area contributed by atoms with Crippen LogP contribution in [0, 0.1) is 5.92 Å². The fourth-order valence-electron chi connectivity index (χ4n) is 4.62. The molecule has 1 aliphatic rings. The summed E-state index contributed by atoms with van der Waals surface area (Å²) in [5.74, 6) is -0.0918. The van der Waals surface area contributed by atoms with Crippen molar-refractivity contribution in [3.05, 3.63) is 60.2 Å². The third kappa shape index (κ3) is 7.16. The van der Waals surface area contributed by atoms with Crippen molar-refractivity contribution in [3.8, 4) is 11.1 Å². The van der Waals surface area contributed by atoms with Gasteiger partial charge in [-0.05, 0) is 48.8 Å². The predicted octanol–water partition coefficient (Wildman–Crippen LogP) is 5.11. The molecule has 2 N–H and O–H groups in total. The van der Waals surface area contributed by atoms with Crippen molar-refractivity contribution in [2.24, 2.45) is 5.92 Å². The van der Waals surface area contributed by atoms with E-state index in [4.69, 9.17) is 0 Å². The SMILES string of the molecule is CCCCCC[C@@H](CCc1ccc(-c2ccccc2)cc1)C(=O)N1NCCC[C@H]1C(=O)NC. The second-order valence-corrected chi connectivity index (χ2v) is 9.04. The Kier molecular flexibility index (Phi) is 9.95. The lowest BCUT2D eigenvalue weighted by atomic mass is 9.91. The van der Waals surface area contributed by atoms with Gasteiger partial charge in [0.05, 0.1) is 0 Å². The van der Waals surface area contributed by atoms with Gasteiger partial charge in [0.25, 0.3) is 0 Å². The maximum atomic E-state index is 13.5. The summed E-state index contributed by atoms with van der Waals surface area (Å²) in [4.78, 5) is 25.9.